The second-order valence-corrected chi connectivity index (χ2v) is 5.21. The van der Waals surface area contributed by atoms with Gasteiger partial charge in [-0.05, 0) is 24.3 Å². The van der Waals surface area contributed by atoms with Crippen LogP contribution >= 0.6 is 35.8 Å². The first kappa shape index (κ1) is 14.9. The number of carbonyl (C=O) groups is 1. The molecule has 0 aliphatic heterocycles. The van der Waals surface area contributed by atoms with Gasteiger partial charge in [-0.3, -0.25) is 4.79 Å². The van der Waals surface area contributed by atoms with Crippen molar-refractivity contribution >= 4 is 48.0 Å². The predicted molar refractivity (Wildman–Crippen MR) is 85.2 cm³/mol. The highest BCUT2D eigenvalue weighted by Gasteiger charge is 2.07. The number of carbonyl (C=O) groups excluding carboxylic acids is 1. The monoisotopic (exact) mass is 324 g/mol. The fourth-order valence-electron chi connectivity index (χ4n) is 1.49. The van der Waals surface area contributed by atoms with Crippen molar-refractivity contribution < 1.29 is 4.79 Å². The summed E-state index contributed by atoms with van der Waals surface area (Å²) in [6, 6.07) is 12.0. The normalized spacial score (nSPS) is 10.8. The lowest BCUT2D eigenvalue weighted by Crippen LogP contribution is -2.18. The van der Waals surface area contributed by atoms with E-state index in [4.69, 9.17) is 23.2 Å². The van der Waals surface area contributed by atoms with Crippen LogP contribution in [0.1, 0.15) is 15.9 Å². The first-order valence-corrected chi connectivity index (χ1v) is 6.84. The van der Waals surface area contributed by atoms with Gasteiger partial charge in [0, 0.05) is 15.5 Å². The average molecular weight is 325 g/mol. The van der Waals surface area contributed by atoms with E-state index in [1.807, 2.05) is 0 Å². The van der Waals surface area contributed by atoms with E-state index in [0.29, 0.717) is 26.1 Å². The highest BCUT2D eigenvalue weighted by atomic mass is 35.5. The molecule has 0 fully saturated rings. The van der Waals surface area contributed by atoms with Crippen LogP contribution in [0.4, 0.5) is 0 Å². The quantitative estimate of drug-likeness (QED) is 0.499. The predicted octanol–water partition coefficient (Wildman–Crippen LogP) is 4.05. The van der Waals surface area contributed by atoms with Crippen molar-refractivity contribution in [2.45, 2.75) is 4.90 Å². The van der Waals surface area contributed by atoms with Crippen molar-refractivity contribution in [2.24, 2.45) is 5.10 Å². The van der Waals surface area contributed by atoms with Crippen LogP contribution in [0.25, 0.3) is 0 Å². The average Bonchev–Trinajstić information content (AvgIpc) is 2.41. The van der Waals surface area contributed by atoms with Crippen LogP contribution in [0.2, 0.25) is 10.0 Å². The Balaban J connectivity index is 2.07. The summed E-state index contributed by atoms with van der Waals surface area (Å²) in [7, 11) is 0. The Hall–Kier alpha value is -1.49. The molecule has 0 radical (unpaired) electrons. The third kappa shape index (κ3) is 3.76. The molecule has 2 aromatic rings. The molecule has 2 rings (SSSR count). The molecule has 3 nitrogen and oxygen atoms in total. The van der Waals surface area contributed by atoms with Crippen LogP contribution in [-0.2, 0) is 0 Å². The molecule has 1 amide bonds. The molecule has 2 aromatic carbocycles. The van der Waals surface area contributed by atoms with Crippen molar-refractivity contribution in [1.29, 1.82) is 0 Å². The molecule has 20 heavy (non-hydrogen) atoms. The Morgan fingerprint density at radius 3 is 2.65 bits per heavy atom. The van der Waals surface area contributed by atoms with Gasteiger partial charge >= 0.3 is 0 Å². The highest BCUT2D eigenvalue weighted by Crippen LogP contribution is 2.19. The van der Waals surface area contributed by atoms with E-state index < -0.39 is 0 Å². The molecule has 1 N–H and O–H groups in total. The maximum atomic E-state index is 11.9. The number of amides is 1. The van der Waals surface area contributed by atoms with Gasteiger partial charge in [0.05, 0.1) is 16.8 Å². The molecule has 0 saturated carbocycles. The third-order valence-corrected chi connectivity index (χ3v) is 3.43. The van der Waals surface area contributed by atoms with Gasteiger partial charge in [-0.15, -0.1) is 12.6 Å². The Morgan fingerprint density at radius 1 is 1.20 bits per heavy atom. The summed E-state index contributed by atoms with van der Waals surface area (Å²) in [5, 5.41) is 4.87. The zero-order valence-corrected chi connectivity index (χ0v) is 12.6. The smallest absolute Gasteiger partial charge is 0.267 e. The van der Waals surface area contributed by atoms with Crippen LogP contribution in [0, 0.1) is 0 Å². The van der Waals surface area contributed by atoms with Crippen LogP contribution in [0.15, 0.2) is 52.5 Å². The van der Waals surface area contributed by atoms with E-state index >= 15 is 0 Å². The molecule has 0 aliphatic carbocycles. The number of hydrazone groups is 1. The summed E-state index contributed by atoms with van der Waals surface area (Å²) in [6.07, 6.45) is 1.46. The topological polar surface area (TPSA) is 41.5 Å². The van der Waals surface area contributed by atoms with Crippen LogP contribution < -0.4 is 5.43 Å². The fraction of sp³-hybridized carbons (Fsp3) is 0. The van der Waals surface area contributed by atoms with Gasteiger partial charge in [-0.2, -0.15) is 5.10 Å². The lowest BCUT2D eigenvalue weighted by atomic mass is 10.2. The van der Waals surface area contributed by atoms with Gasteiger partial charge in [0.25, 0.3) is 5.91 Å². The van der Waals surface area contributed by atoms with Gasteiger partial charge in [0.15, 0.2) is 0 Å². The minimum atomic E-state index is -0.336. The number of hydrogen-bond acceptors (Lipinski definition) is 3. The van der Waals surface area contributed by atoms with Gasteiger partial charge in [-0.1, -0.05) is 41.4 Å². The number of benzene rings is 2. The van der Waals surface area contributed by atoms with Crippen LogP contribution in [-0.4, -0.2) is 12.1 Å². The van der Waals surface area contributed by atoms with E-state index in [2.05, 4.69) is 23.2 Å². The minimum absolute atomic E-state index is 0.336. The molecule has 0 aromatic heterocycles. The molecule has 0 unspecified atom stereocenters. The van der Waals surface area contributed by atoms with Crippen molar-refractivity contribution in [2.75, 3.05) is 0 Å². The molecule has 0 saturated heterocycles. The van der Waals surface area contributed by atoms with Gasteiger partial charge in [0.2, 0.25) is 0 Å². The molecular formula is C14H10Cl2N2OS. The molecular weight excluding hydrogens is 315 g/mol. The van der Waals surface area contributed by atoms with Gasteiger partial charge in [-0.25, -0.2) is 5.43 Å². The maximum absolute atomic E-state index is 11.9. The fourth-order valence-corrected chi connectivity index (χ4v) is 2.21. The first-order valence-electron chi connectivity index (χ1n) is 5.64. The summed E-state index contributed by atoms with van der Waals surface area (Å²) in [6.45, 7) is 0. The molecule has 0 heterocycles. The summed E-state index contributed by atoms with van der Waals surface area (Å²) in [5.74, 6) is -0.336. The van der Waals surface area contributed by atoms with E-state index in [-0.39, 0.29) is 5.91 Å². The second-order valence-electron chi connectivity index (χ2n) is 3.88. The summed E-state index contributed by atoms with van der Waals surface area (Å²) in [5.41, 5.74) is 3.54. The summed E-state index contributed by atoms with van der Waals surface area (Å²) < 4.78 is 0. The van der Waals surface area contributed by atoms with Gasteiger partial charge < -0.3 is 0 Å². The third-order valence-electron chi connectivity index (χ3n) is 2.48. The lowest BCUT2D eigenvalue weighted by Gasteiger charge is -2.03. The summed E-state index contributed by atoms with van der Waals surface area (Å²) in [4.78, 5) is 12.5. The van der Waals surface area contributed by atoms with E-state index in [1.165, 1.54) is 6.21 Å². The molecule has 0 aliphatic rings. The molecule has 0 bridgehead atoms. The SMILES string of the molecule is O=C(N/N=C/c1ccc(Cl)cc1Cl)c1ccccc1S. The van der Waals surface area contributed by atoms with Crippen molar-refractivity contribution in [1.82, 2.24) is 5.43 Å². The first-order chi connectivity index (χ1) is 9.58. The van der Waals surface area contributed by atoms with Crippen LogP contribution in [0.5, 0.6) is 0 Å². The van der Waals surface area contributed by atoms with Crippen molar-refractivity contribution in [3.63, 3.8) is 0 Å². The molecule has 102 valence electrons. The lowest BCUT2D eigenvalue weighted by molar-refractivity contribution is 0.0952. The largest absolute Gasteiger partial charge is 0.272 e. The van der Waals surface area contributed by atoms with E-state index in [1.54, 1.807) is 42.5 Å². The number of nitrogens with zero attached hydrogens (tertiary/aromatic N) is 1. The van der Waals surface area contributed by atoms with Crippen molar-refractivity contribution in [3.05, 3.63) is 63.6 Å². The number of hydrogen-bond donors (Lipinski definition) is 2. The van der Waals surface area contributed by atoms with Crippen molar-refractivity contribution in [3.8, 4) is 0 Å². The second kappa shape index (κ2) is 6.79. The molecule has 0 atom stereocenters. The van der Waals surface area contributed by atoms with E-state index in [0.717, 1.165) is 0 Å². The van der Waals surface area contributed by atoms with E-state index in [9.17, 15) is 4.79 Å². The minimum Gasteiger partial charge on any atom is -0.267 e. The Kier molecular flexibility index (Phi) is 5.06. The maximum Gasteiger partial charge on any atom is 0.272 e. The molecule has 0 spiro atoms. The molecule has 6 heteroatoms. The summed E-state index contributed by atoms with van der Waals surface area (Å²) >= 11 is 16.0. The number of halogens is 2. The number of rotatable bonds is 3. The number of nitrogens with one attached hydrogen (secondary N) is 1. The highest BCUT2D eigenvalue weighted by molar-refractivity contribution is 7.80. The Bertz CT molecular complexity index is 674. The van der Waals surface area contributed by atoms with Crippen LogP contribution in [0.3, 0.4) is 0 Å². The Morgan fingerprint density at radius 2 is 1.95 bits per heavy atom. The zero-order chi connectivity index (χ0) is 14.5. The standard InChI is InChI=1S/C14H10Cl2N2OS/c15-10-6-5-9(12(16)7-10)8-17-18-14(19)11-3-1-2-4-13(11)20/h1-8,20H,(H,18,19)/b17-8+. The van der Waals surface area contributed by atoms with Gasteiger partial charge in [0.1, 0.15) is 0 Å². The number of thiol groups is 1. The Labute approximate surface area is 132 Å². The zero-order valence-electron chi connectivity index (χ0n) is 10.2.